The summed E-state index contributed by atoms with van der Waals surface area (Å²) in [5, 5.41) is 5.55. The number of anilines is 1. The number of benzene rings is 1. The number of halogens is 1. The lowest BCUT2D eigenvalue weighted by atomic mass is 9.96. The first-order valence-corrected chi connectivity index (χ1v) is 9.05. The number of amides is 4. The Bertz CT molecular complexity index is 841. The summed E-state index contributed by atoms with van der Waals surface area (Å²) < 4.78 is 10.00. The summed E-state index contributed by atoms with van der Waals surface area (Å²) in [5.74, 6) is -1.46. The third-order valence-electron chi connectivity index (χ3n) is 4.78. The number of rotatable bonds is 7. The van der Waals surface area contributed by atoms with Gasteiger partial charge in [-0.15, -0.1) is 0 Å². The zero-order chi connectivity index (χ0) is 20.5. The number of ether oxygens (including phenoxy) is 2. The minimum Gasteiger partial charge on any atom is -0.495 e. The normalized spacial score (nSPS) is 21.3. The number of nitrogens with zero attached hydrogens (tertiary/aromatic N) is 1. The molecular weight excluding hydrogens is 390 g/mol. The van der Waals surface area contributed by atoms with Gasteiger partial charge in [-0.1, -0.05) is 11.6 Å². The Labute approximate surface area is 166 Å². The molecule has 1 aliphatic carbocycles. The van der Waals surface area contributed by atoms with Crippen molar-refractivity contribution in [1.82, 2.24) is 10.2 Å². The number of carbonyl (C=O) groups is 4. The van der Waals surface area contributed by atoms with Crippen molar-refractivity contribution >= 4 is 41.1 Å². The van der Waals surface area contributed by atoms with Gasteiger partial charge in [0.15, 0.2) is 6.61 Å². The van der Waals surface area contributed by atoms with Gasteiger partial charge < -0.3 is 20.1 Å². The zero-order valence-corrected chi connectivity index (χ0v) is 16.2. The quantitative estimate of drug-likeness (QED) is 0.521. The molecule has 150 valence electrons. The Morgan fingerprint density at radius 3 is 2.71 bits per heavy atom. The average molecular weight is 410 g/mol. The van der Waals surface area contributed by atoms with Crippen LogP contribution in [0.5, 0.6) is 5.75 Å². The van der Waals surface area contributed by atoms with E-state index in [1.165, 1.54) is 13.2 Å². The predicted molar refractivity (Wildman–Crippen MR) is 99.0 cm³/mol. The Kier molecular flexibility index (Phi) is 5.46. The SMILES string of the molecule is COc1ccc(Cl)cc1NC(=O)COC(=O)CN1C(=O)N[C@](C)(C2CC2)C1=O. The fraction of sp³-hybridized carbons (Fsp3) is 0.444. The van der Waals surface area contributed by atoms with Crippen LogP contribution in [0.4, 0.5) is 10.5 Å². The second-order valence-electron chi connectivity index (χ2n) is 6.85. The lowest BCUT2D eigenvalue weighted by molar-refractivity contribution is -0.150. The molecule has 1 aromatic carbocycles. The van der Waals surface area contributed by atoms with Crippen molar-refractivity contribution in [3.63, 3.8) is 0 Å². The highest BCUT2D eigenvalue weighted by molar-refractivity contribution is 6.31. The van der Waals surface area contributed by atoms with Gasteiger partial charge in [0.1, 0.15) is 17.8 Å². The van der Waals surface area contributed by atoms with Gasteiger partial charge in [-0.2, -0.15) is 0 Å². The standard InChI is InChI=1S/C18H20ClN3O6/c1-18(10-3-4-10)16(25)22(17(26)21-18)8-15(24)28-9-14(23)20-12-7-11(19)5-6-13(12)27-2/h5-7,10H,3-4,8-9H2,1-2H3,(H,20,23)(H,21,26)/t18-/m1/s1. The predicted octanol–water partition coefficient (Wildman–Crippen LogP) is 1.55. The number of hydrogen-bond donors (Lipinski definition) is 2. The van der Waals surface area contributed by atoms with Gasteiger partial charge in [0, 0.05) is 5.02 Å². The molecule has 28 heavy (non-hydrogen) atoms. The van der Waals surface area contributed by atoms with E-state index in [4.69, 9.17) is 21.1 Å². The average Bonchev–Trinajstić information content (AvgIpc) is 3.46. The monoisotopic (exact) mass is 409 g/mol. The van der Waals surface area contributed by atoms with Crippen LogP contribution in [0.25, 0.3) is 0 Å². The molecule has 1 aromatic rings. The zero-order valence-electron chi connectivity index (χ0n) is 15.4. The van der Waals surface area contributed by atoms with Crippen LogP contribution in [0.2, 0.25) is 5.02 Å². The number of hydrogen-bond acceptors (Lipinski definition) is 6. The van der Waals surface area contributed by atoms with Crippen LogP contribution in [-0.4, -0.2) is 54.5 Å². The first kappa shape index (κ1) is 19.9. The van der Waals surface area contributed by atoms with Gasteiger partial charge in [-0.25, -0.2) is 4.79 Å². The van der Waals surface area contributed by atoms with Gasteiger partial charge >= 0.3 is 12.0 Å². The van der Waals surface area contributed by atoms with E-state index in [1.807, 2.05) is 0 Å². The molecule has 2 N–H and O–H groups in total. The van der Waals surface area contributed by atoms with Crippen molar-refractivity contribution in [2.24, 2.45) is 5.92 Å². The maximum Gasteiger partial charge on any atom is 0.326 e. The lowest BCUT2D eigenvalue weighted by Gasteiger charge is -2.20. The van der Waals surface area contributed by atoms with Crippen LogP contribution in [0.1, 0.15) is 19.8 Å². The van der Waals surface area contributed by atoms with E-state index in [0.29, 0.717) is 16.5 Å². The number of urea groups is 1. The Balaban J connectivity index is 1.52. The Morgan fingerprint density at radius 1 is 1.36 bits per heavy atom. The van der Waals surface area contributed by atoms with Crippen LogP contribution in [0.3, 0.4) is 0 Å². The van der Waals surface area contributed by atoms with Crippen molar-refractivity contribution in [3.8, 4) is 5.75 Å². The molecule has 2 fully saturated rings. The van der Waals surface area contributed by atoms with Crippen molar-refractivity contribution in [1.29, 1.82) is 0 Å². The van der Waals surface area contributed by atoms with Gasteiger partial charge in [0.05, 0.1) is 12.8 Å². The molecule has 4 amide bonds. The lowest BCUT2D eigenvalue weighted by Crippen LogP contribution is -2.46. The summed E-state index contributed by atoms with van der Waals surface area (Å²) in [7, 11) is 1.44. The van der Waals surface area contributed by atoms with E-state index < -0.39 is 42.5 Å². The summed E-state index contributed by atoms with van der Waals surface area (Å²) in [6.45, 7) is 0.515. The number of methoxy groups -OCH3 is 1. The largest absolute Gasteiger partial charge is 0.495 e. The molecule has 1 atom stereocenters. The molecule has 2 aliphatic rings. The molecule has 0 radical (unpaired) electrons. The van der Waals surface area contributed by atoms with Gasteiger partial charge in [-0.3, -0.25) is 19.3 Å². The first-order valence-electron chi connectivity index (χ1n) is 8.67. The van der Waals surface area contributed by atoms with E-state index in [1.54, 1.807) is 19.1 Å². The second kappa shape index (κ2) is 7.67. The number of esters is 1. The molecule has 0 aromatic heterocycles. The van der Waals surface area contributed by atoms with E-state index >= 15 is 0 Å². The fourth-order valence-electron chi connectivity index (χ4n) is 3.08. The number of nitrogens with one attached hydrogen (secondary N) is 2. The van der Waals surface area contributed by atoms with Crippen LogP contribution in [0, 0.1) is 5.92 Å². The molecule has 0 unspecified atom stereocenters. The molecule has 1 saturated carbocycles. The van der Waals surface area contributed by atoms with Gasteiger partial charge in [-0.05, 0) is 43.9 Å². The first-order chi connectivity index (χ1) is 13.2. The third kappa shape index (κ3) is 4.04. The molecular formula is C18H20ClN3O6. The van der Waals surface area contributed by atoms with Crippen molar-refractivity contribution in [3.05, 3.63) is 23.2 Å². The van der Waals surface area contributed by atoms with Crippen molar-refractivity contribution in [2.45, 2.75) is 25.3 Å². The van der Waals surface area contributed by atoms with Crippen LogP contribution in [-0.2, 0) is 19.1 Å². The molecule has 9 nitrogen and oxygen atoms in total. The van der Waals surface area contributed by atoms with Crippen LogP contribution < -0.4 is 15.4 Å². The topological polar surface area (TPSA) is 114 Å². The van der Waals surface area contributed by atoms with Crippen LogP contribution in [0.15, 0.2) is 18.2 Å². The minimum absolute atomic E-state index is 0.0865. The summed E-state index contributed by atoms with van der Waals surface area (Å²) in [5.41, 5.74) is -0.650. The van der Waals surface area contributed by atoms with E-state index in [-0.39, 0.29) is 5.92 Å². The molecule has 1 aliphatic heterocycles. The minimum atomic E-state index is -0.974. The van der Waals surface area contributed by atoms with E-state index in [9.17, 15) is 19.2 Å². The maximum absolute atomic E-state index is 12.5. The van der Waals surface area contributed by atoms with Crippen molar-refractivity contribution < 1.29 is 28.7 Å². The molecule has 0 spiro atoms. The smallest absolute Gasteiger partial charge is 0.326 e. The molecule has 1 heterocycles. The van der Waals surface area contributed by atoms with Crippen molar-refractivity contribution in [2.75, 3.05) is 25.6 Å². The van der Waals surface area contributed by atoms with Gasteiger partial charge in [0.25, 0.3) is 11.8 Å². The molecule has 10 heteroatoms. The number of carbonyl (C=O) groups excluding carboxylic acids is 4. The number of imide groups is 1. The Morgan fingerprint density at radius 2 is 2.07 bits per heavy atom. The summed E-state index contributed by atoms with van der Waals surface area (Å²) >= 11 is 5.89. The molecule has 1 saturated heterocycles. The fourth-order valence-corrected chi connectivity index (χ4v) is 3.25. The van der Waals surface area contributed by atoms with Crippen LogP contribution >= 0.6 is 11.6 Å². The highest BCUT2D eigenvalue weighted by Gasteiger charge is 2.56. The van der Waals surface area contributed by atoms with Gasteiger partial charge in [0.2, 0.25) is 0 Å². The van der Waals surface area contributed by atoms with E-state index in [0.717, 1.165) is 17.7 Å². The van der Waals surface area contributed by atoms with E-state index in [2.05, 4.69) is 10.6 Å². The summed E-state index contributed by atoms with van der Waals surface area (Å²) in [6, 6.07) is 4.04. The Hall–Kier alpha value is -2.81. The summed E-state index contributed by atoms with van der Waals surface area (Å²) in [6.07, 6.45) is 1.71. The molecule has 3 rings (SSSR count). The molecule has 0 bridgehead atoms. The highest BCUT2D eigenvalue weighted by atomic mass is 35.5. The highest BCUT2D eigenvalue weighted by Crippen LogP contribution is 2.42. The second-order valence-corrected chi connectivity index (χ2v) is 7.29. The summed E-state index contributed by atoms with van der Waals surface area (Å²) in [4.78, 5) is 49.3. The maximum atomic E-state index is 12.5. The third-order valence-corrected chi connectivity index (χ3v) is 5.02.